The molecule has 0 amide bonds. The highest BCUT2D eigenvalue weighted by atomic mass is 79.9. The Hall–Kier alpha value is -0.900. The van der Waals surface area contributed by atoms with Gasteiger partial charge < -0.3 is 4.74 Å². The zero-order valence-electron chi connectivity index (χ0n) is 10.4. The summed E-state index contributed by atoms with van der Waals surface area (Å²) in [6.45, 7) is 0.535. The van der Waals surface area contributed by atoms with Gasteiger partial charge in [-0.15, -0.1) is 0 Å². The quantitative estimate of drug-likeness (QED) is 0.481. The molecule has 0 N–H and O–H groups in total. The van der Waals surface area contributed by atoms with Crippen LogP contribution in [0.25, 0.3) is 0 Å². The van der Waals surface area contributed by atoms with Gasteiger partial charge in [-0.25, -0.2) is 9.78 Å². The number of hydrogen-bond acceptors (Lipinski definition) is 3. The molecular formula is C14H18BrNO2. The highest BCUT2D eigenvalue weighted by molar-refractivity contribution is 9.10. The molecule has 0 radical (unpaired) electrons. The molecule has 1 aromatic heterocycles. The largest absolute Gasteiger partial charge is 0.461 e. The molecule has 0 unspecified atom stereocenters. The van der Waals surface area contributed by atoms with Crippen molar-refractivity contribution >= 4 is 21.9 Å². The van der Waals surface area contributed by atoms with Crippen LogP contribution in [-0.2, 0) is 4.74 Å². The van der Waals surface area contributed by atoms with E-state index in [1.165, 1.54) is 38.5 Å². The number of rotatable bonds is 3. The second-order valence-corrected chi connectivity index (χ2v) is 5.61. The third-order valence-electron chi connectivity index (χ3n) is 3.35. The van der Waals surface area contributed by atoms with Crippen molar-refractivity contribution in [1.29, 1.82) is 0 Å². The van der Waals surface area contributed by atoms with Crippen LogP contribution in [0.4, 0.5) is 0 Å². The van der Waals surface area contributed by atoms with Crippen molar-refractivity contribution in [2.45, 2.75) is 38.5 Å². The molecule has 0 aliphatic heterocycles. The third-order valence-corrected chi connectivity index (χ3v) is 3.79. The molecule has 1 aliphatic carbocycles. The normalized spacial score (nSPS) is 17.2. The van der Waals surface area contributed by atoms with Crippen molar-refractivity contribution in [3.8, 4) is 0 Å². The monoisotopic (exact) mass is 311 g/mol. The summed E-state index contributed by atoms with van der Waals surface area (Å²) >= 11 is 3.25. The average molecular weight is 312 g/mol. The van der Waals surface area contributed by atoms with Crippen LogP contribution in [0.5, 0.6) is 0 Å². The summed E-state index contributed by atoms with van der Waals surface area (Å²) in [5, 5.41) is 0. The maximum atomic E-state index is 11.8. The van der Waals surface area contributed by atoms with Gasteiger partial charge in [0.1, 0.15) is 10.3 Å². The van der Waals surface area contributed by atoms with Crippen LogP contribution >= 0.6 is 15.9 Å². The Bertz CT molecular complexity index is 401. The lowest BCUT2D eigenvalue weighted by molar-refractivity contribution is 0.0420. The lowest BCUT2D eigenvalue weighted by Gasteiger charge is -2.13. The molecule has 4 heteroatoms. The van der Waals surface area contributed by atoms with Crippen LogP contribution in [0.1, 0.15) is 49.0 Å². The molecule has 1 saturated carbocycles. The van der Waals surface area contributed by atoms with Gasteiger partial charge in [-0.05, 0) is 46.8 Å². The maximum Gasteiger partial charge on any atom is 0.356 e. The first-order valence-electron chi connectivity index (χ1n) is 6.55. The summed E-state index contributed by atoms with van der Waals surface area (Å²) in [5.74, 6) is 0.212. The second kappa shape index (κ2) is 6.88. The van der Waals surface area contributed by atoms with Gasteiger partial charge in [0, 0.05) is 0 Å². The van der Waals surface area contributed by atoms with E-state index in [1.807, 2.05) is 0 Å². The molecule has 1 heterocycles. The summed E-state index contributed by atoms with van der Waals surface area (Å²) in [6.07, 6.45) is 7.52. The van der Waals surface area contributed by atoms with Crippen LogP contribution in [0.3, 0.4) is 0 Å². The van der Waals surface area contributed by atoms with E-state index in [-0.39, 0.29) is 5.97 Å². The molecule has 98 valence electrons. The first-order chi connectivity index (χ1) is 8.75. The predicted molar refractivity (Wildman–Crippen MR) is 73.4 cm³/mol. The van der Waals surface area contributed by atoms with E-state index in [1.54, 1.807) is 18.2 Å². The molecule has 0 bridgehead atoms. The zero-order chi connectivity index (χ0) is 12.8. The number of ether oxygens (including phenoxy) is 1. The molecular weight excluding hydrogens is 294 g/mol. The Morgan fingerprint density at radius 1 is 1.28 bits per heavy atom. The highest BCUT2D eigenvalue weighted by Crippen LogP contribution is 2.23. The van der Waals surface area contributed by atoms with E-state index in [0.717, 1.165) is 0 Å². The smallest absolute Gasteiger partial charge is 0.356 e. The highest BCUT2D eigenvalue weighted by Gasteiger charge is 2.16. The van der Waals surface area contributed by atoms with E-state index < -0.39 is 0 Å². The van der Waals surface area contributed by atoms with Crippen molar-refractivity contribution in [2.24, 2.45) is 5.92 Å². The standard InChI is InChI=1S/C14H18BrNO2/c15-13-9-5-8-12(16-13)14(17)18-10-11-6-3-1-2-4-7-11/h5,8-9,11H,1-4,6-7,10H2. The minimum Gasteiger partial charge on any atom is -0.461 e. The maximum absolute atomic E-state index is 11.8. The van der Waals surface area contributed by atoms with Crippen molar-refractivity contribution in [3.63, 3.8) is 0 Å². The van der Waals surface area contributed by atoms with Crippen LogP contribution < -0.4 is 0 Å². The van der Waals surface area contributed by atoms with E-state index in [9.17, 15) is 4.79 Å². The van der Waals surface area contributed by atoms with Gasteiger partial charge in [-0.3, -0.25) is 0 Å². The lowest BCUT2D eigenvalue weighted by Crippen LogP contribution is -2.15. The van der Waals surface area contributed by atoms with Crippen molar-refractivity contribution in [1.82, 2.24) is 4.98 Å². The van der Waals surface area contributed by atoms with E-state index in [4.69, 9.17) is 4.74 Å². The predicted octanol–water partition coefficient (Wildman–Crippen LogP) is 3.97. The number of hydrogen-bond donors (Lipinski definition) is 0. The van der Waals surface area contributed by atoms with Gasteiger partial charge in [0.25, 0.3) is 0 Å². The van der Waals surface area contributed by atoms with Gasteiger partial charge in [0.2, 0.25) is 0 Å². The number of carbonyl (C=O) groups excluding carboxylic acids is 1. The molecule has 18 heavy (non-hydrogen) atoms. The molecule has 0 saturated heterocycles. The number of pyridine rings is 1. The van der Waals surface area contributed by atoms with E-state index in [2.05, 4.69) is 20.9 Å². The summed E-state index contributed by atoms with van der Waals surface area (Å²) in [6, 6.07) is 5.27. The first kappa shape index (κ1) is 13.5. The Labute approximate surface area is 116 Å². The Balaban J connectivity index is 1.84. The average Bonchev–Trinajstić information content (AvgIpc) is 2.64. The lowest BCUT2D eigenvalue weighted by atomic mass is 10.0. The fraction of sp³-hybridized carbons (Fsp3) is 0.571. The second-order valence-electron chi connectivity index (χ2n) is 4.80. The summed E-state index contributed by atoms with van der Waals surface area (Å²) in [5.41, 5.74) is 0.373. The van der Waals surface area contributed by atoms with Gasteiger partial charge >= 0.3 is 5.97 Å². The SMILES string of the molecule is O=C(OCC1CCCCCC1)c1cccc(Br)n1. The van der Waals surface area contributed by atoms with Gasteiger partial charge in [0.05, 0.1) is 6.61 Å². The minimum absolute atomic E-state index is 0.319. The van der Waals surface area contributed by atoms with Crippen LogP contribution in [-0.4, -0.2) is 17.6 Å². The van der Waals surface area contributed by atoms with Crippen molar-refractivity contribution < 1.29 is 9.53 Å². The molecule has 1 aromatic rings. The fourth-order valence-corrected chi connectivity index (χ4v) is 2.66. The zero-order valence-corrected chi connectivity index (χ0v) is 12.0. The van der Waals surface area contributed by atoms with E-state index >= 15 is 0 Å². The van der Waals surface area contributed by atoms with Crippen molar-refractivity contribution in [3.05, 3.63) is 28.5 Å². The molecule has 3 nitrogen and oxygen atoms in total. The topological polar surface area (TPSA) is 39.2 Å². The molecule has 2 rings (SSSR count). The summed E-state index contributed by atoms with van der Waals surface area (Å²) in [4.78, 5) is 15.9. The number of carbonyl (C=O) groups is 1. The summed E-state index contributed by atoms with van der Waals surface area (Å²) in [7, 11) is 0. The first-order valence-corrected chi connectivity index (χ1v) is 7.34. The Morgan fingerprint density at radius 3 is 2.67 bits per heavy atom. The number of aromatic nitrogens is 1. The van der Waals surface area contributed by atoms with Gasteiger partial charge in [0.15, 0.2) is 0 Å². The van der Waals surface area contributed by atoms with Crippen LogP contribution in [0, 0.1) is 5.92 Å². The number of halogens is 1. The van der Waals surface area contributed by atoms with Gasteiger partial charge in [-0.1, -0.05) is 31.7 Å². The molecule has 0 aromatic carbocycles. The van der Waals surface area contributed by atoms with Gasteiger partial charge in [-0.2, -0.15) is 0 Å². The summed E-state index contributed by atoms with van der Waals surface area (Å²) < 4.78 is 6.01. The van der Waals surface area contributed by atoms with Crippen LogP contribution in [0.2, 0.25) is 0 Å². The molecule has 0 spiro atoms. The molecule has 0 atom stereocenters. The minimum atomic E-state index is -0.319. The van der Waals surface area contributed by atoms with Crippen molar-refractivity contribution in [2.75, 3.05) is 6.61 Å². The van der Waals surface area contributed by atoms with E-state index in [0.29, 0.717) is 22.8 Å². The number of esters is 1. The molecule has 1 fully saturated rings. The third kappa shape index (κ3) is 4.09. The van der Waals surface area contributed by atoms with Crippen LogP contribution in [0.15, 0.2) is 22.8 Å². The Morgan fingerprint density at radius 2 is 2.00 bits per heavy atom. The fourth-order valence-electron chi connectivity index (χ4n) is 2.32. The Kier molecular flexibility index (Phi) is 5.17. The molecule has 1 aliphatic rings. The number of nitrogens with zero attached hydrogens (tertiary/aromatic N) is 1.